The van der Waals surface area contributed by atoms with Crippen molar-refractivity contribution in [1.29, 1.82) is 0 Å². The molecule has 0 bridgehead atoms. The number of nitrogens with two attached hydrogens (primary N) is 1. The van der Waals surface area contributed by atoms with Crippen LogP contribution in [0.15, 0.2) is 97.7 Å². The van der Waals surface area contributed by atoms with Crippen molar-refractivity contribution in [3.05, 3.63) is 137 Å². The minimum atomic E-state index is -3.54. The number of rotatable bonds is 30. The van der Waals surface area contributed by atoms with Gasteiger partial charge in [-0.3, -0.25) is 17.4 Å². The van der Waals surface area contributed by atoms with Crippen molar-refractivity contribution in [3.8, 4) is 33.8 Å². The third-order valence-corrected chi connectivity index (χ3v) is 22.5. The Kier molecular flexibility index (Phi) is 26.7. The normalized spacial score (nSPS) is 11.8. The summed E-state index contributed by atoms with van der Waals surface area (Å²) in [6.45, 7) is 30.9. The number of aryl methyl sites for hydroxylation is 3. The fourth-order valence-electron chi connectivity index (χ4n) is 9.50. The highest BCUT2D eigenvalue weighted by Crippen LogP contribution is 2.32. The molecule has 31 nitrogen and oxygen atoms in total. The predicted molar refractivity (Wildman–Crippen MR) is 409 cm³/mol. The summed E-state index contributed by atoms with van der Waals surface area (Å²) in [5.74, 6) is 1.88. The molecule has 0 unspecified atom stereocenters. The number of aromatic nitrogens is 18. The Morgan fingerprint density at radius 3 is 1.19 bits per heavy atom. The summed E-state index contributed by atoms with van der Waals surface area (Å²) in [7, 11) is -6.86. The van der Waals surface area contributed by atoms with Crippen molar-refractivity contribution in [2.24, 2.45) is 10.8 Å². The first-order valence-corrected chi connectivity index (χ1v) is 47.0. The van der Waals surface area contributed by atoms with Crippen LogP contribution in [-0.2, 0) is 68.4 Å². The van der Waals surface area contributed by atoms with Gasteiger partial charge in [0.15, 0.2) is 34.4 Å². The van der Waals surface area contributed by atoms with E-state index in [2.05, 4.69) is 143 Å². The number of anilines is 6. The van der Waals surface area contributed by atoms with Gasteiger partial charge in [-0.2, -0.15) is 36.8 Å². The molecule has 0 saturated carbocycles. The van der Waals surface area contributed by atoms with Crippen LogP contribution in [0, 0.1) is 20.8 Å². The summed E-state index contributed by atoms with van der Waals surface area (Å²) in [4.78, 5) is 30.4. The summed E-state index contributed by atoms with van der Waals surface area (Å²) in [6.07, 6.45) is 23.6. The number of nitrogens with zero attached hydrogens (tertiary/aromatic N) is 21. The van der Waals surface area contributed by atoms with Crippen LogP contribution in [0.3, 0.4) is 0 Å². The summed E-state index contributed by atoms with van der Waals surface area (Å²) in [6, 6.07) is 8.89. The highest BCUT2D eigenvalue weighted by molar-refractivity contribution is 7.85. The average molecular weight is 1510 g/mol. The molecule has 0 fully saturated rings. The summed E-state index contributed by atoms with van der Waals surface area (Å²) in [5.41, 5.74) is 26.4. The van der Waals surface area contributed by atoms with Gasteiger partial charge >= 0.3 is 0 Å². The third kappa shape index (κ3) is 22.5. The van der Waals surface area contributed by atoms with Crippen molar-refractivity contribution in [2.75, 3.05) is 42.0 Å². The first-order valence-electron chi connectivity index (χ1n) is 31.7. The Morgan fingerprint density at radius 1 is 0.525 bits per heavy atom. The molecule has 12 heterocycles. The lowest BCUT2D eigenvalue weighted by Gasteiger charge is -2.15. The van der Waals surface area contributed by atoms with Crippen molar-refractivity contribution < 1.29 is 26.8 Å². The van der Waals surface area contributed by atoms with E-state index in [0.717, 1.165) is 116 Å². The second-order valence-corrected chi connectivity index (χ2v) is 48.0. The van der Waals surface area contributed by atoms with Crippen molar-refractivity contribution >= 4 is 118 Å². The van der Waals surface area contributed by atoms with Gasteiger partial charge in [0.2, 0.25) is 0 Å². The number of fused-ring (bicyclic) bond motifs is 3. The molecule has 0 aromatic carbocycles. The molecule has 0 aliphatic heterocycles. The molecule has 0 saturated heterocycles. The Labute approximate surface area is 603 Å². The highest BCUT2D eigenvalue weighted by atomic mass is 32.2. The van der Waals surface area contributed by atoms with Crippen LogP contribution in [0.5, 0.6) is 0 Å². The lowest BCUT2D eigenvalue weighted by atomic mass is 10.3. The first-order chi connectivity index (χ1) is 47.1. The molecule has 12 aromatic rings. The van der Waals surface area contributed by atoms with E-state index in [0.29, 0.717) is 71.9 Å². The van der Waals surface area contributed by atoms with Crippen LogP contribution in [-0.4, -0.2) is 144 Å². The number of hydrogen-bond donors (Lipinski definition) is 4. The van der Waals surface area contributed by atoms with Gasteiger partial charge in [-0.1, -0.05) is 78.9 Å². The quantitative estimate of drug-likeness (QED) is 0.00811. The van der Waals surface area contributed by atoms with E-state index in [9.17, 15) is 8.42 Å². The molecule has 101 heavy (non-hydrogen) atoms. The number of nitrogens with one attached hydrogen (secondary N) is 3. The molecule has 540 valence electrons. The van der Waals surface area contributed by atoms with Gasteiger partial charge in [0.25, 0.3) is 10.1 Å². The van der Waals surface area contributed by atoms with Crippen LogP contribution in [0.4, 0.5) is 32.5 Å². The Balaban J connectivity index is 0.000000191. The molecule has 12 rings (SSSR count). The van der Waals surface area contributed by atoms with Crippen molar-refractivity contribution in [2.45, 2.75) is 153 Å². The zero-order valence-electron chi connectivity index (χ0n) is 57.7. The van der Waals surface area contributed by atoms with Gasteiger partial charge in [-0.15, -0.1) is 0 Å². The maximum absolute atomic E-state index is 11.2. The van der Waals surface area contributed by atoms with E-state index in [4.69, 9.17) is 29.7 Å². The Bertz CT molecular complexity index is 4850. The first kappa shape index (κ1) is 78.2. The second-order valence-electron chi connectivity index (χ2n) is 27.0. The standard InChI is InChI=1S/C21H29N7O4S2Si.C20H26N10OSSi.C20H28N8OSSi.2CH4/c1-15-11-28-18(16-9-23-27(12-16)14-31-6-7-35(3,4)5)10-22-21(28)20(24-15)25-19-8-17(26-33-19)13-32-34(2,29)30;1-14-11-30-17(15-8-24-29(12-15)13-31-5-6-33(2,3)4)10-22-20(30)19(25-14)26-18-7-16(27-32-18)9-23-28-21;1-14-11-28-17(15-9-23-27(12-15)13-29-5-6-31(2,3)4)10-22-20(28)19(24-14)25-18-7-16(8-21)26-30-18;;/h8-12H,6-7,13-14H2,1-5H3,(H,24,25);7-8,10-12H,5-6,9,13H2,1-4H3,(H,25,26);7,9-12H,5-6,8,13,21H2,1-4H3,(H,24,25);2*1H4. The monoisotopic (exact) mass is 1510 g/mol. The molecule has 5 N–H and O–H groups in total. The smallest absolute Gasteiger partial charge is 0.264 e. The summed E-state index contributed by atoms with van der Waals surface area (Å²) >= 11 is 3.83. The lowest BCUT2D eigenvalue weighted by molar-refractivity contribution is 0.0785. The van der Waals surface area contributed by atoms with Crippen LogP contribution >= 0.6 is 34.6 Å². The van der Waals surface area contributed by atoms with Crippen LogP contribution in [0.1, 0.15) is 49.0 Å². The molecular formula is C63H91N25O6S4Si3. The summed E-state index contributed by atoms with van der Waals surface area (Å²) in [5, 5.41) is 29.1. The minimum absolute atomic E-state index is 0. The molecule has 12 aromatic heterocycles. The Morgan fingerprint density at radius 2 is 0.861 bits per heavy atom. The van der Waals surface area contributed by atoms with Gasteiger partial charge in [0, 0.05) is 109 Å². The molecule has 0 aliphatic rings. The zero-order valence-corrected chi connectivity index (χ0v) is 64.0. The van der Waals surface area contributed by atoms with E-state index in [-0.39, 0.29) is 28.0 Å². The van der Waals surface area contributed by atoms with Crippen LogP contribution in [0.2, 0.25) is 77.1 Å². The molecule has 38 heteroatoms. The predicted octanol–water partition coefficient (Wildman–Crippen LogP) is 14.3. The molecule has 0 amide bonds. The maximum atomic E-state index is 11.2. The number of imidazole rings is 3. The van der Waals surface area contributed by atoms with Gasteiger partial charge in [-0.05, 0) is 97.2 Å². The van der Waals surface area contributed by atoms with Crippen molar-refractivity contribution in [3.63, 3.8) is 0 Å². The number of azide groups is 1. The summed E-state index contributed by atoms with van der Waals surface area (Å²) < 4.78 is 68.9. The molecule has 0 radical (unpaired) electrons. The molecule has 0 atom stereocenters. The van der Waals surface area contributed by atoms with E-state index in [1.54, 1.807) is 27.8 Å². The van der Waals surface area contributed by atoms with E-state index >= 15 is 0 Å². The lowest BCUT2D eigenvalue weighted by Crippen LogP contribution is -2.22. The fourth-order valence-corrected chi connectivity index (χ4v) is 14.1. The highest BCUT2D eigenvalue weighted by Gasteiger charge is 2.21. The van der Waals surface area contributed by atoms with E-state index in [1.807, 2.05) is 113 Å². The zero-order chi connectivity index (χ0) is 70.7. The SMILES string of the molecule is C.C.Cc1cn2c(-c3cnn(COCC[Si](C)(C)C)c3)cnc2c(Nc2cc(CN)ns2)n1.Cc1cn2c(-c3cnn(COCC[Si](C)(C)C)c3)cnc2c(Nc2cc(CN=[N+]=[N-])ns2)n1.Cc1cn2c(-c3cnn(COCC[Si](C)(C)C)c3)cnc2c(Nc2cc(COS(C)(=O)=O)ns2)n1. The fraction of sp³-hybridized carbons (Fsp3) is 0.429. The minimum Gasteiger partial charge on any atom is -0.360 e. The van der Waals surface area contributed by atoms with Gasteiger partial charge in [0.1, 0.15) is 41.8 Å². The number of ether oxygens (including phenoxy) is 3. The largest absolute Gasteiger partial charge is 0.360 e. The van der Waals surface area contributed by atoms with E-state index in [1.165, 1.54) is 34.6 Å². The molecular weight excluding hydrogens is 1420 g/mol. The van der Waals surface area contributed by atoms with Crippen LogP contribution in [0.25, 0.3) is 61.2 Å². The van der Waals surface area contributed by atoms with Crippen molar-refractivity contribution in [1.82, 2.24) is 85.6 Å². The van der Waals surface area contributed by atoms with Gasteiger partial charge in [0.05, 0.1) is 101 Å². The molecule has 0 spiro atoms. The van der Waals surface area contributed by atoms with Gasteiger partial charge in [-0.25, -0.2) is 43.9 Å². The van der Waals surface area contributed by atoms with Crippen LogP contribution < -0.4 is 21.7 Å². The average Bonchev–Trinajstić information content (AvgIpc) is 1.66. The third-order valence-electron chi connectivity index (χ3n) is 14.6. The second kappa shape index (κ2) is 34.4. The molecule has 0 aliphatic carbocycles. The van der Waals surface area contributed by atoms with E-state index < -0.39 is 34.3 Å². The topological polar surface area (TPSA) is 365 Å². The number of hydrogen-bond acceptors (Lipinski definition) is 26. The Hall–Kier alpha value is -8.51. The van der Waals surface area contributed by atoms with Gasteiger partial charge < -0.3 is 35.9 Å². The maximum Gasteiger partial charge on any atom is 0.264 e.